The first-order chi connectivity index (χ1) is 11.8. The van der Waals surface area contributed by atoms with E-state index in [0.717, 1.165) is 31.6 Å². The first kappa shape index (κ1) is 16.8. The van der Waals surface area contributed by atoms with E-state index in [1.54, 1.807) is 16.8 Å². The van der Waals surface area contributed by atoms with E-state index in [1.165, 1.54) is 13.3 Å². The second-order valence-electron chi connectivity index (χ2n) is 5.46. The summed E-state index contributed by atoms with van der Waals surface area (Å²) >= 11 is 0. The van der Waals surface area contributed by atoms with Crippen molar-refractivity contribution in [1.82, 2.24) is 14.4 Å². The summed E-state index contributed by atoms with van der Waals surface area (Å²) < 4.78 is 22.9. The standard InChI is InChI=1S/C16H21N3O5/c1-21-16(20)13-9-17-14-8-12(18-11-19(13)14)10-22-6-7-24-15-4-2-3-5-23-15/h8-9,11,15H,2-7,10H2,1H3. The fraction of sp³-hybridized carbons (Fsp3) is 0.562. The molecule has 130 valence electrons. The average molecular weight is 335 g/mol. The normalized spacial score (nSPS) is 18.0. The second kappa shape index (κ2) is 8.18. The molecule has 8 heteroatoms. The van der Waals surface area contributed by atoms with E-state index in [2.05, 4.69) is 9.97 Å². The van der Waals surface area contributed by atoms with Gasteiger partial charge in [-0.1, -0.05) is 0 Å². The minimum Gasteiger partial charge on any atom is -0.464 e. The molecule has 0 aliphatic carbocycles. The largest absolute Gasteiger partial charge is 0.464 e. The Labute approximate surface area is 139 Å². The summed E-state index contributed by atoms with van der Waals surface area (Å²) in [5, 5.41) is 0. The highest BCUT2D eigenvalue weighted by molar-refractivity contribution is 5.88. The summed E-state index contributed by atoms with van der Waals surface area (Å²) in [6.07, 6.45) is 6.10. The Balaban J connectivity index is 1.46. The number of hydrogen-bond acceptors (Lipinski definition) is 7. The predicted molar refractivity (Wildman–Crippen MR) is 83.5 cm³/mol. The lowest BCUT2D eigenvalue weighted by atomic mass is 10.2. The van der Waals surface area contributed by atoms with Gasteiger partial charge >= 0.3 is 5.97 Å². The number of hydrogen-bond donors (Lipinski definition) is 0. The van der Waals surface area contributed by atoms with Gasteiger partial charge in [0.15, 0.2) is 12.0 Å². The lowest BCUT2D eigenvalue weighted by molar-refractivity contribution is -0.169. The van der Waals surface area contributed by atoms with Gasteiger partial charge in [-0.2, -0.15) is 0 Å². The van der Waals surface area contributed by atoms with Crippen molar-refractivity contribution in [2.24, 2.45) is 0 Å². The molecule has 1 aliphatic rings. The maximum absolute atomic E-state index is 11.6. The molecule has 0 saturated carbocycles. The maximum atomic E-state index is 11.6. The molecule has 0 amide bonds. The first-order valence-corrected chi connectivity index (χ1v) is 7.99. The van der Waals surface area contributed by atoms with E-state index in [4.69, 9.17) is 18.9 Å². The number of esters is 1. The lowest BCUT2D eigenvalue weighted by Gasteiger charge is -2.22. The van der Waals surface area contributed by atoms with E-state index in [9.17, 15) is 4.79 Å². The molecule has 1 unspecified atom stereocenters. The van der Waals surface area contributed by atoms with Crippen molar-refractivity contribution in [2.75, 3.05) is 26.9 Å². The Morgan fingerprint density at radius 1 is 1.38 bits per heavy atom. The van der Waals surface area contributed by atoms with Crippen LogP contribution < -0.4 is 0 Å². The number of aromatic nitrogens is 3. The highest BCUT2D eigenvalue weighted by Crippen LogP contribution is 2.13. The van der Waals surface area contributed by atoms with Crippen LogP contribution in [0.25, 0.3) is 5.65 Å². The van der Waals surface area contributed by atoms with Gasteiger partial charge in [-0.25, -0.2) is 14.8 Å². The molecule has 8 nitrogen and oxygen atoms in total. The van der Waals surface area contributed by atoms with Gasteiger partial charge in [0.05, 0.1) is 38.8 Å². The fourth-order valence-corrected chi connectivity index (χ4v) is 2.51. The van der Waals surface area contributed by atoms with Gasteiger partial charge in [0.25, 0.3) is 0 Å². The highest BCUT2D eigenvalue weighted by Gasteiger charge is 2.14. The Bertz CT molecular complexity index is 681. The molecule has 1 aliphatic heterocycles. The number of nitrogens with zero attached hydrogens (tertiary/aromatic N) is 3. The van der Waals surface area contributed by atoms with Crippen molar-refractivity contribution in [2.45, 2.75) is 32.2 Å². The maximum Gasteiger partial charge on any atom is 0.356 e. The van der Waals surface area contributed by atoms with Gasteiger partial charge in [-0.3, -0.25) is 4.40 Å². The SMILES string of the molecule is COC(=O)c1cnc2cc(COCCOC3CCCCO3)ncn12. The molecule has 0 N–H and O–H groups in total. The summed E-state index contributed by atoms with van der Waals surface area (Å²) in [5.74, 6) is -0.449. The molecule has 2 aromatic heterocycles. The number of ether oxygens (including phenoxy) is 4. The molecule has 0 radical (unpaired) electrons. The smallest absolute Gasteiger partial charge is 0.356 e. The van der Waals surface area contributed by atoms with E-state index < -0.39 is 5.97 Å². The van der Waals surface area contributed by atoms with Crippen LogP contribution in [0.3, 0.4) is 0 Å². The van der Waals surface area contributed by atoms with Gasteiger partial charge < -0.3 is 18.9 Å². The van der Waals surface area contributed by atoms with Gasteiger partial charge in [-0.05, 0) is 19.3 Å². The summed E-state index contributed by atoms with van der Waals surface area (Å²) in [6, 6.07) is 1.78. The Morgan fingerprint density at radius 2 is 2.29 bits per heavy atom. The topological polar surface area (TPSA) is 84.2 Å². The van der Waals surface area contributed by atoms with Gasteiger partial charge in [0.2, 0.25) is 0 Å². The lowest BCUT2D eigenvalue weighted by Crippen LogP contribution is -2.23. The number of rotatable bonds is 7. The zero-order valence-corrected chi connectivity index (χ0v) is 13.6. The zero-order valence-electron chi connectivity index (χ0n) is 13.6. The van der Waals surface area contributed by atoms with Crippen molar-refractivity contribution in [3.63, 3.8) is 0 Å². The van der Waals surface area contributed by atoms with Crippen molar-refractivity contribution in [1.29, 1.82) is 0 Å². The first-order valence-electron chi connectivity index (χ1n) is 7.99. The number of fused-ring (bicyclic) bond motifs is 1. The third-order valence-electron chi connectivity index (χ3n) is 3.77. The summed E-state index contributed by atoms with van der Waals surface area (Å²) in [6.45, 7) is 2.08. The molecule has 1 atom stereocenters. The van der Waals surface area contributed by atoms with Crippen LogP contribution in [0.1, 0.15) is 35.4 Å². The minimum absolute atomic E-state index is 0.0986. The van der Waals surface area contributed by atoms with E-state index >= 15 is 0 Å². The second-order valence-corrected chi connectivity index (χ2v) is 5.46. The Kier molecular flexibility index (Phi) is 5.73. The van der Waals surface area contributed by atoms with Crippen LogP contribution in [-0.2, 0) is 25.6 Å². The zero-order chi connectivity index (χ0) is 16.8. The number of imidazole rings is 1. The van der Waals surface area contributed by atoms with E-state index in [0.29, 0.717) is 31.2 Å². The molecule has 3 rings (SSSR count). The average Bonchev–Trinajstić information content (AvgIpc) is 3.05. The molecular formula is C16H21N3O5. The molecular weight excluding hydrogens is 314 g/mol. The molecule has 1 saturated heterocycles. The summed E-state index contributed by atoms with van der Waals surface area (Å²) in [7, 11) is 1.33. The van der Waals surface area contributed by atoms with Gasteiger partial charge in [0, 0.05) is 12.7 Å². The van der Waals surface area contributed by atoms with Crippen molar-refractivity contribution in [3.05, 3.63) is 30.0 Å². The third-order valence-corrected chi connectivity index (χ3v) is 3.77. The number of carbonyl (C=O) groups is 1. The van der Waals surface area contributed by atoms with Crippen LogP contribution >= 0.6 is 0 Å². The van der Waals surface area contributed by atoms with E-state index in [-0.39, 0.29) is 6.29 Å². The monoisotopic (exact) mass is 335 g/mol. The molecule has 24 heavy (non-hydrogen) atoms. The Hall–Kier alpha value is -2.03. The van der Waals surface area contributed by atoms with Crippen LogP contribution in [-0.4, -0.2) is 53.6 Å². The molecule has 0 spiro atoms. The summed E-state index contributed by atoms with van der Waals surface area (Å²) in [5.41, 5.74) is 1.70. The molecule has 0 aromatic carbocycles. The van der Waals surface area contributed by atoms with Gasteiger partial charge in [-0.15, -0.1) is 0 Å². The Morgan fingerprint density at radius 3 is 3.08 bits per heavy atom. The molecule has 2 aromatic rings. The van der Waals surface area contributed by atoms with Crippen molar-refractivity contribution in [3.8, 4) is 0 Å². The fourth-order valence-electron chi connectivity index (χ4n) is 2.51. The van der Waals surface area contributed by atoms with Crippen LogP contribution in [0, 0.1) is 0 Å². The molecule has 0 bridgehead atoms. The van der Waals surface area contributed by atoms with Crippen LogP contribution in [0.15, 0.2) is 18.6 Å². The number of methoxy groups -OCH3 is 1. The molecule has 3 heterocycles. The highest BCUT2D eigenvalue weighted by atomic mass is 16.7. The summed E-state index contributed by atoms with van der Waals surface area (Å²) in [4.78, 5) is 20.0. The van der Waals surface area contributed by atoms with E-state index in [1.807, 2.05) is 0 Å². The van der Waals surface area contributed by atoms with Crippen molar-refractivity contribution >= 4 is 11.6 Å². The van der Waals surface area contributed by atoms with Crippen LogP contribution in [0.4, 0.5) is 0 Å². The predicted octanol–water partition coefficient (Wildman–Crippen LogP) is 1.58. The number of carbonyl (C=O) groups excluding carboxylic acids is 1. The third kappa shape index (κ3) is 4.08. The van der Waals surface area contributed by atoms with Crippen molar-refractivity contribution < 1.29 is 23.7 Å². The van der Waals surface area contributed by atoms with Gasteiger partial charge in [0.1, 0.15) is 12.0 Å². The van der Waals surface area contributed by atoms with Crippen LogP contribution in [0.5, 0.6) is 0 Å². The van der Waals surface area contributed by atoms with Crippen LogP contribution in [0.2, 0.25) is 0 Å². The minimum atomic E-state index is -0.449. The molecule has 1 fully saturated rings. The quantitative estimate of drug-likeness (QED) is 0.561.